The highest BCUT2D eigenvalue weighted by molar-refractivity contribution is 6.35. The molecule has 2 amide bonds. The molecule has 0 aromatic heterocycles. The van der Waals surface area contributed by atoms with E-state index in [1.165, 1.54) is 18.3 Å². The molecule has 3 rings (SSSR count). The zero-order valence-electron chi connectivity index (χ0n) is 22.6. The van der Waals surface area contributed by atoms with E-state index in [0.29, 0.717) is 40.1 Å². The molecule has 7 nitrogen and oxygen atoms in total. The van der Waals surface area contributed by atoms with Gasteiger partial charge in [0.1, 0.15) is 6.61 Å². The predicted octanol–water partition coefficient (Wildman–Crippen LogP) is 7.59. The Labute approximate surface area is 251 Å². The van der Waals surface area contributed by atoms with Crippen molar-refractivity contribution in [2.75, 3.05) is 11.9 Å². The first kappa shape index (κ1) is 32.5. The molecule has 0 aliphatic heterocycles. The van der Waals surface area contributed by atoms with E-state index in [-0.39, 0.29) is 25.1 Å². The van der Waals surface area contributed by atoms with Crippen molar-refractivity contribution >= 4 is 46.9 Å². The van der Waals surface area contributed by atoms with Crippen molar-refractivity contribution in [3.63, 3.8) is 0 Å². The van der Waals surface area contributed by atoms with Crippen LogP contribution in [0.3, 0.4) is 0 Å². The highest BCUT2D eigenvalue weighted by atomic mass is 35.5. The summed E-state index contributed by atoms with van der Waals surface area (Å²) in [5.74, 6) is -0.197. The van der Waals surface area contributed by atoms with Crippen LogP contribution in [0.15, 0.2) is 72.4 Å². The maximum absolute atomic E-state index is 12.9. The lowest BCUT2D eigenvalue weighted by molar-refractivity contribution is -0.137. The first-order valence-electron chi connectivity index (χ1n) is 12.8. The number of ether oxygens (including phenoxy) is 2. The normalized spacial score (nSPS) is 11.3. The standard InChI is InChI=1S/C30H28Cl2F3N3O4/c1-3-6-20-13-19(14-26(41-4-2)29(20)42-18-21-9-10-23(31)16-25(21)32)17-36-38-28(40)12-11-27(39)37-24-8-5-7-22(15-24)30(33,34)35/h3,5,7-10,13-17H,1,4,6,11-12,18H2,2H3,(H,37,39)(H,38,40). The Bertz CT molecular complexity index is 1460. The maximum Gasteiger partial charge on any atom is 0.416 e. The monoisotopic (exact) mass is 621 g/mol. The highest BCUT2D eigenvalue weighted by Crippen LogP contribution is 2.35. The molecular weight excluding hydrogens is 594 g/mol. The number of hydrogen-bond acceptors (Lipinski definition) is 5. The van der Waals surface area contributed by atoms with Crippen LogP contribution in [0.4, 0.5) is 18.9 Å². The van der Waals surface area contributed by atoms with E-state index in [1.807, 2.05) is 6.92 Å². The molecule has 0 unspecified atom stereocenters. The van der Waals surface area contributed by atoms with Crippen LogP contribution in [0.25, 0.3) is 0 Å². The van der Waals surface area contributed by atoms with Gasteiger partial charge in [-0.15, -0.1) is 6.58 Å². The maximum atomic E-state index is 12.9. The third kappa shape index (κ3) is 9.81. The Morgan fingerprint density at radius 1 is 1.00 bits per heavy atom. The van der Waals surface area contributed by atoms with Crippen molar-refractivity contribution in [1.82, 2.24) is 5.43 Å². The van der Waals surface area contributed by atoms with Gasteiger partial charge in [-0.2, -0.15) is 18.3 Å². The molecule has 0 radical (unpaired) electrons. The molecule has 12 heteroatoms. The van der Waals surface area contributed by atoms with Gasteiger partial charge in [0.05, 0.1) is 18.4 Å². The summed E-state index contributed by atoms with van der Waals surface area (Å²) in [6.07, 6.45) is -1.43. The smallest absolute Gasteiger partial charge is 0.416 e. The first-order valence-corrected chi connectivity index (χ1v) is 13.5. The van der Waals surface area contributed by atoms with Gasteiger partial charge in [-0.3, -0.25) is 9.59 Å². The van der Waals surface area contributed by atoms with Crippen molar-refractivity contribution in [3.8, 4) is 11.5 Å². The molecule has 0 heterocycles. The number of rotatable bonds is 13. The van der Waals surface area contributed by atoms with Gasteiger partial charge in [0.15, 0.2) is 11.5 Å². The fraction of sp³-hybridized carbons (Fsp3) is 0.233. The number of amides is 2. The zero-order chi connectivity index (χ0) is 30.7. The third-order valence-electron chi connectivity index (χ3n) is 5.66. The van der Waals surface area contributed by atoms with Gasteiger partial charge in [-0.05, 0) is 61.4 Å². The van der Waals surface area contributed by atoms with Crippen LogP contribution >= 0.6 is 23.2 Å². The summed E-state index contributed by atoms with van der Waals surface area (Å²) in [6.45, 7) is 6.17. The van der Waals surface area contributed by atoms with Gasteiger partial charge in [0.25, 0.3) is 0 Å². The largest absolute Gasteiger partial charge is 0.490 e. The van der Waals surface area contributed by atoms with E-state index in [4.69, 9.17) is 32.7 Å². The molecule has 222 valence electrons. The Morgan fingerprint density at radius 3 is 2.45 bits per heavy atom. The molecule has 0 fully saturated rings. The fourth-order valence-electron chi connectivity index (χ4n) is 3.74. The number of halogens is 5. The summed E-state index contributed by atoms with van der Waals surface area (Å²) in [6, 6.07) is 12.9. The number of hydrazone groups is 1. The summed E-state index contributed by atoms with van der Waals surface area (Å²) in [7, 11) is 0. The topological polar surface area (TPSA) is 89.0 Å². The van der Waals surface area contributed by atoms with E-state index < -0.39 is 23.6 Å². The summed E-state index contributed by atoms with van der Waals surface area (Å²) >= 11 is 12.3. The number of carbonyl (C=O) groups is 2. The minimum Gasteiger partial charge on any atom is -0.490 e. The van der Waals surface area contributed by atoms with E-state index in [2.05, 4.69) is 22.4 Å². The number of alkyl halides is 3. The van der Waals surface area contributed by atoms with Crippen molar-refractivity contribution in [2.45, 2.75) is 39.0 Å². The second kappa shape index (κ2) is 15.3. The van der Waals surface area contributed by atoms with Crippen molar-refractivity contribution in [1.29, 1.82) is 0 Å². The molecule has 0 saturated heterocycles. The van der Waals surface area contributed by atoms with Crippen LogP contribution in [0.5, 0.6) is 11.5 Å². The lowest BCUT2D eigenvalue weighted by Gasteiger charge is -2.17. The number of benzene rings is 3. The second-order valence-corrected chi connectivity index (χ2v) is 9.72. The van der Waals surface area contributed by atoms with Gasteiger partial charge >= 0.3 is 6.18 Å². The molecule has 0 aliphatic rings. The lowest BCUT2D eigenvalue weighted by atomic mass is 10.1. The van der Waals surface area contributed by atoms with E-state index in [9.17, 15) is 22.8 Å². The quantitative estimate of drug-likeness (QED) is 0.117. The summed E-state index contributed by atoms with van der Waals surface area (Å²) in [4.78, 5) is 24.3. The Balaban J connectivity index is 1.62. The number of allylic oxidation sites excluding steroid dienone is 1. The summed E-state index contributed by atoms with van der Waals surface area (Å²) in [5.41, 5.74) is 3.55. The summed E-state index contributed by atoms with van der Waals surface area (Å²) < 4.78 is 50.5. The first-order chi connectivity index (χ1) is 20.0. The molecular formula is C30H28Cl2F3N3O4. The molecule has 42 heavy (non-hydrogen) atoms. The van der Waals surface area contributed by atoms with Crippen LogP contribution in [0.2, 0.25) is 10.0 Å². The average molecular weight is 622 g/mol. The van der Waals surface area contributed by atoms with Gasteiger partial charge < -0.3 is 14.8 Å². The molecule has 0 saturated carbocycles. The van der Waals surface area contributed by atoms with E-state index in [1.54, 1.807) is 36.4 Å². The second-order valence-electron chi connectivity index (χ2n) is 8.88. The minimum atomic E-state index is -4.53. The molecule has 0 spiro atoms. The van der Waals surface area contributed by atoms with Crippen LogP contribution in [-0.4, -0.2) is 24.6 Å². The number of nitrogens with zero attached hydrogens (tertiary/aromatic N) is 1. The van der Waals surface area contributed by atoms with Crippen molar-refractivity contribution < 1.29 is 32.2 Å². The van der Waals surface area contributed by atoms with Crippen LogP contribution in [0, 0.1) is 0 Å². The molecule has 2 N–H and O–H groups in total. The number of anilines is 1. The average Bonchev–Trinajstić information content (AvgIpc) is 2.92. The van der Waals surface area contributed by atoms with Crippen LogP contribution in [-0.2, 0) is 28.8 Å². The number of carbonyl (C=O) groups excluding carboxylic acids is 2. The molecule has 3 aromatic rings. The van der Waals surface area contributed by atoms with Crippen molar-refractivity contribution in [3.05, 3.63) is 99.6 Å². The Kier molecular flexibility index (Phi) is 11.8. The fourth-order valence-corrected chi connectivity index (χ4v) is 4.20. The molecule has 0 bridgehead atoms. The molecule has 0 aliphatic carbocycles. The van der Waals surface area contributed by atoms with E-state index >= 15 is 0 Å². The van der Waals surface area contributed by atoms with Crippen LogP contribution in [0.1, 0.15) is 42.0 Å². The molecule has 3 aromatic carbocycles. The predicted molar refractivity (Wildman–Crippen MR) is 157 cm³/mol. The highest BCUT2D eigenvalue weighted by Gasteiger charge is 2.30. The Hall–Kier alpha value is -4.02. The van der Waals surface area contributed by atoms with E-state index in [0.717, 1.165) is 23.3 Å². The summed E-state index contributed by atoms with van der Waals surface area (Å²) in [5, 5.41) is 7.29. The molecule has 0 atom stereocenters. The minimum absolute atomic E-state index is 0.0163. The number of nitrogens with one attached hydrogen (secondary N) is 2. The SMILES string of the molecule is C=CCc1cc(C=NNC(=O)CCC(=O)Nc2cccc(C(F)(F)F)c2)cc(OCC)c1OCc1ccc(Cl)cc1Cl. The number of hydrogen-bond donors (Lipinski definition) is 2. The van der Waals surface area contributed by atoms with Crippen LogP contribution < -0.4 is 20.2 Å². The van der Waals surface area contributed by atoms with Gasteiger partial charge in [0.2, 0.25) is 11.8 Å². The Morgan fingerprint density at radius 2 is 1.76 bits per heavy atom. The zero-order valence-corrected chi connectivity index (χ0v) is 24.1. The van der Waals surface area contributed by atoms with Crippen molar-refractivity contribution in [2.24, 2.45) is 5.10 Å². The van der Waals surface area contributed by atoms with Gasteiger partial charge in [-0.25, -0.2) is 5.43 Å². The van der Waals surface area contributed by atoms with Gasteiger partial charge in [-0.1, -0.05) is 41.4 Å². The lowest BCUT2D eigenvalue weighted by Crippen LogP contribution is -2.20. The van der Waals surface area contributed by atoms with Gasteiger partial charge in [0, 0.05) is 39.7 Å². The third-order valence-corrected chi connectivity index (χ3v) is 6.25.